The number of hydrogen-bond donors (Lipinski definition) is 0. The van der Waals surface area contributed by atoms with Crippen LogP contribution in [0.15, 0.2) is 0 Å². The lowest BCUT2D eigenvalue weighted by Gasteiger charge is -2.36. The van der Waals surface area contributed by atoms with Crippen molar-refractivity contribution in [3.05, 3.63) is 0 Å². The summed E-state index contributed by atoms with van der Waals surface area (Å²) in [6.45, 7) is 8.74. The van der Waals surface area contributed by atoms with Crippen molar-refractivity contribution in [1.82, 2.24) is 14.7 Å². The molecule has 2 rings (SSSR count). The molecule has 26 heavy (non-hydrogen) atoms. The monoisotopic (exact) mass is 407 g/mol. The van der Waals surface area contributed by atoms with Gasteiger partial charge in [0.15, 0.2) is 0 Å². The van der Waals surface area contributed by atoms with Gasteiger partial charge in [0, 0.05) is 33.2 Å². The number of hydrogen-bond acceptors (Lipinski definition) is 4. The minimum absolute atomic E-state index is 0.0370. The molecule has 7 nitrogen and oxygen atoms in total. The molecule has 0 bridgehead atoms. The first-order valence-electron chi connectivity index (χ1n) is 8.66. The predicted octanol–water partition coefficient (Wildman–Crippen LogP) is 2.11. The van der Waals surface area contributed by atoms with E-state index in [9.17, 15) is 14.4 Å². The van der Waals surface area contributed by atoms with Gasteiger partial charge in [-0.25, -0.2) is 4.79 Å². The second-order valence-corrected chi connectivity index (χ2v) is 9.71. The third-order valence-corrected chi connectivity index (χ3v) is 5.83. The summed E-state index contributed by atoms with van der Waals surface area (Å²) in [6.07, 6.45) is 0.00815. The number of amides is 3. The Balaban J connectivity index is 1.81. The van der Waals surface area contributed by atoms with E-state index in [0.717, 1.165) is 0 Å². The van der Waals surface area contributed by atoms with Crippen molar-refractivity contribution in [2.75, 3.05) is 39.8 Å². The topological polar surface area (TPSA) is 70.2 Å². The van der Waals surface area contributed by atoms with Gasteiger partial charge in [-0.15, -0.1) is 23.2 Å². The van der Waals surface area contributed by atoms with Crippen molar-refractivity contribution in [1.29, 1.82) is 0 Å². The van der Waals surface area contributed by atoms with Crippen molar-refractivity contribution >= 4 is 41.1 Å². The van der Waals surface area contributed by atoms with Crippen molar-refractivity contribution < 1.29 is 19.1 Å². The molecule has 1 aliphatic carbocycles. The fourth-order valence-electron chi connectivity index (χ4n) is 2.89. The van der Waals surface area contributed by atoms with Crippen molar-refractivity contribution in [3.63, 3.8) is 0 Å². The Morgan fingerprint density at radius 3 is 1.96 bits per heavy atom. The van der Waals surface area contributed by atoms with Crippen LogP contribution in [0, 0.1) is 5.41 Å². The highest BCUT2D eigenvalue weighted by Gasteiger charge is 2.68. The standard InChI is InChI=1S/C17H27Cl2N3O4/c1-15(2,3)26-14(25)22-8-6-21(7-9-22)12(23)10-20(5)13(24)16(4)11-17(16,18)19/h6-11H2,1-5H3/t16-/m1/s1. The molecule has 0 aromatic rings. The molecule has 2 fully saturated rings. The van der Waals surface area contributed by atoms with E-state index in [1.807, 2.05) is 20.8 Å². The summed E-state index contributed by atoms with van der Waals surface area (Å²) in [6, 6.07) is 0. The molecule has 1 saturated heterocycles. The molecule has 2 aliphatic rings. The molecule has 148 valence electrons. The van der Waals surface area contributed by atoms with E-state index in [2.05, 4.69) is 0 Å². The first-order chi connectivity index (χ1) is 11.8. The molecule has 1 heterocycles. The lowest BCUT2D eigenvalue weighted by molar-refractivity contribution is -0.143. The van der Waals surface area contributed by atoms with Crippen LogP contribution in [0.4, 0.5) is 4.79 Å². The van der Waals surface area contributed by atoms with Crippen LogP contribution in [0.3, 0.4) is 0 Å². The molecule has 0 radical (unpaired) electrons. The third-order valence-electron chi connectivity index (χ3n) is 4.73. The highest BCUT2D eigenvalue weighted by Crippen LogP contribution is 2.64. The fourth-order valence-corrected chi connectivity index (χ4v) is 3.59. The lowest BCUT2D eigenvalue weighted by Crippen LogP contribution is -2.53. The minimum Gasteiger partial charge on any atom is -0.444 e. The number of rotatable bonds is 3. The molecule has 0 unspecified atom stereocenters. The molecule has 0 N–H and O–H groups in total. The summed E-state index contributed by atoms with van der Waals surface area (Å²) >= 11 is 12.1. The zero-order chi connectivity index (χ0) is 19.9. The van der Waals surface area contributed by atoms with E-state index in [1.165, 1.54) is 4.90 Å². The molecule has 0 aromatic carbocycles. The molecular weight excluding hydrogens is 381 g/mol. The second-order valence-electron chi connectivity index (χ2n) is 8.22. The van der Waals surface area contributed by atoms with Crippen LogP contribution in [0.2, 0.25) is 0 Å². The molecular formula is C17H27Cl2N3O4. The highest BCUT2D eigenvalue weighted by molar-refractivity contribution is 6.53. The van der Waals surface area contributed by atoms with Crippen LogP contribution < -0.4 is 0 Å². The largest absolute Gasteiger partial charge is 0.444 e. The average molecular weight is 408 g/mol. The lowest BCUT2D eigenvalue weighted by atomic mass is 10.1. The summed E-state index contributed by atoms with van der Waals surface area (Å²) in [7, 11) is 1.57. The number of ether oxygens (including phenoxy) is 1. The third kappa shape index (κ3) is 4.55. The van der Waals surface area contributed by atoms with Crippen molar-refractivity contribution in [2.45, 2.75) is 44.1 Å². The van der Waals surface area contributed by atoms with Gasteiger partial charge in [-0.05, 0) is 34.1 Å². The maximum Gasteiger partial charge on any atom is 0.410 e. The van der Waals surface area contributed by atoms with E-state index in [1.54, 1.807) is 23.8 Å². The smallest absolute Gasteiger partial charge is 0.410 e. The first kappa shape index (κ1) is 21.1. The Morgan fingerprint density at radius 1 is 1.08 bits per heavy atom. The molecule has 1 saturated carbocycles. The van der Waals surface area contributed by atoms with Crippen LogP contribution >= 0.6 is 23.2 Å². The molecule has 0 aromatic heterocycles. The summed E-state index contributed by atoms with van der Waals surface area (Å²) in [5.41, 5.74) is -1.38. The zero-order valence-corrected chi connectivity index (χ0v) is 17.5. The van der Waals surface area contributed by atoms with E-state index < -0.39 is 15.3 Å². The normalized spacial score (nSPS) is 24.9. The summed E-state index contributed by atoms with van der Waals surface area (Å²) in [5, 5.41) is 0. The quantitative estimate of drug-likeness (QED) is 0.671. The molecule has 0 spiro atoms. The van der Waals surface area contributed by atoms with Gasteiger partial charge in [0.1, 0.15) is 9.93 Å². The molecule has 1 atom stereocenters. The maximum atomic E-state index is 12.5. The van der Waals surface area contributed by atoms with Crippen LogP contribution in [-0.2, 0) is 14.3 Å². The Labute approximate surface area is 164 Å². The number of carbonyl (C=O) groups is 3. The second kappa shape index (κ2) is 7.08. The van der Waals surface area contributed by atoms with E-state index >= 15 is 0 Å². The van der Waals surface area contributed by atoms with Crippen molar-refractivity contribution in [3.8, 4) is 0 Å². The van der Waals surface area contributed by atoms with Gasteiger partial charge in [0.05, 0.1) is 12.0 Å². The predicted molar refractivity (Wildman–Crippen MR) is 99.2 cm³/mol. The summed E-state index contributed by atoms with van der Waals surface area (Å²) < 4.78 is 4.28. The summed E-state index contributed by atoms with van der Waals surface area (Å²) in [4.78, 5) is 41.6. The number of alkyl halides is 2. The SMILES string of the molecule is CN(CC(=O)N1CCN(C(=O)OC(C)(C)C)CC1)C(=O)[C@@]1(C)CC1(Cl)Cl. The zero-order valence-electron chi connectivity index (χ0n) is 16.0. The van der Waals surface area contributed by atoms with Gasteiger partial charge >= 0.3 is 6.09 Å². The van der Waals surface area contributed by atoms with Gasteiger partial charge in [-0.1, -0.05) is 0 Å². The Hall–Kier alpha value is -1.21. The number of piperazine rings is 1. The Morgan fingerprint density at radius 2 is 1.54 bits per heavy atom. The molecule has 1 aliphatic heterocycles. The fraction of sp³-hybridized carbons (Fsp3) is 0.824. The van der Waals surface area contributed by atoms with Crippen LogP contribution in [0.1, 0.15) is 34.1 Å². The van der Waals surface area contributed by atoms with E-state index in [-0.39, 0.29) is 24.5 Å². The Bertz CT molecular complexity index is 597. The maximum absolute atomic E-state index is 12.5. The average Bonchev–Trinajstić information content (AvgIpc) is 3.04. The number of likely N-dealkylation sites (N-methyl/N-ethyl adjacent to an activating group) is 1. The van der Waals surface area contributed by atoms with E-state index in [4.69, 9.17) is 27.9 Å². The number of halogens is 2. The first-order valence-corrected chi connectivity index (χ1v) is 9.41. The Kier molecular flexibility index (Phi) is 5.74. The molecule has 9 heteroatoms. The number of carbonyl (C=O) groups excluding carboxylic acids is 3. The van der Waals surface area contributed by atoms with Gasteiger partial charge in [-0.2, -0.15) is 0 Å². The molecule has 3 amide bonds. The van der Waals surface area contributed by atoms with Crippen molar-refractivity contribution in [2.24, 2.45) is 5.41 Å². The minimum atomic E-state index is -1.06. The number of nitrogens with zero attached hydrogens (tertiary/aromatic N) is 3. The summed E-state index contributed by atoms with van der Waals surface area (Å²) in [5.74, 6) is -0.396. The van der Waals surface area contributed by atoms with Crippen LogP contribution in [-0.4, -0.2) is 82.3 Å². The van der Waals surface area contributed by atoms with Gasteiger partial charge in [0.25, 0.3) is 0 Å². The van der Waals surface area contributed by atoms with Gasteiger partial charge < -0.3 is 19.4 Å². The van der Waals surface area contributed by atoms with Gasteiger partial charge in [0.2, 0.25) is 11.8 Å². The van der Waals surface area contributed by atoms with Gasteiger partial charge in [-0.3, -0.25) is 9.59 Å². The van der Waals surface area contributed by atoms with E-state index in [0.29, 0.717) is 32.6 Å². The highest BCUT2D eigenvalue weighted by atomic mass is 35.5. The van der Waals surface area contributed by atoms with Crippen LogP contribution in [0.5, 0.6) is 0 Å². The van der Waals surface area contributed by atoms with Crippen LogP contribution in [0.25, 0.3) is 0 Å².